The van der Waals surface area contributed by atoms with Gasteiger partial charge >= 0.3 is 0 Å². The van der Waals surface area contributed by atoms with Gasteiger partial charge in [0.2, 0.25) is 11.8 Å². The normalized spacial score (nSPS) is 19.9. The van der Waals surface area contributed by atoms with Gasteiger partial charge < -0.3 is 25.4 Å². The lowest BCUT2D eigenvalue weighted by atomic mass is 9.99. The van der Waals surface area contributed by atoms with Gasteiger partial charge in [-0.1, -0.05) is 19.1 Å². The molecule has 38 heavy (non-hydrogen) atoms. The summed E-state index contributed by atoms with van der Waals surface area (Å²) in [5.74, 6) is 1.41. The highest BCUT2D eigenvalue weighted by molar-refractivity contribution is 5.88. The second-order valence-electron chi connectivity index (χ2n) is 9.57. The number of aliphatic hydroxyl groups is 1. The predicted octanol–water partition coefficient (Wildman–Crippen LogP) is 2.37. The predicted molar refractivity (Wildman–Crippen MR) is 143 cm³/mol. The molecule has 3 N–H and O–H groups in total. The summed E-state index contributed by atoms with van der Waals surface area (Å²) in [5.41, 5.74) is 2.68. The van der Waals surface area contributed by atoms with Crippen molar-refractivity contribution >= 4 is 11.8 Å². The molecule has 2 aliphatic heterocycles. The lowest BCUT2D eigenvalue weighted by Crippen LogP contribution is -2.55. The van der Waals surface area contributed by atoms with E-state index in [4.69, 9.17) is 11.2 Å². The Morgan fingerprint density at radius 2 is 2.08 bits per heavy atom. The van der Waals surface area contributed by atoms with E-state index in [1.54, 1.807) is 25.4 Å². The average molecular weight is 525 g/mol. The number of likely N-dealkylation sites (N-methyl/N-ethyl adjacent to an activating group) is 1. The van der Waals surface area contributed by atoms with E-state index in [0.717, 1.165) is 17.5 Å². The first-order valence-electron chi connectivity index (χ1n) is 13.0. The number of halogens is 1. The van der Waals surface area contributed by atoms with Crippen LogP contribution < -0.4 is 15.4 Å². The quantitative estimate of drug-likeness (QED) is 0.481. The maximum absolute atomic E-state index is 14.7. The molecule has 9 heteroatoms. The van der Waals surface area contributed by atoms with Gasteiger partial charge in [-0.2, -0.15) is 0 Å². The second-order valence-corrected chi connectivity index (χ2v) is 9.57. The highest BCUT2D eigenvalue weighted by Crippen LogP contribution is 2.21. The van der Waals surface area contributed by atoms with Gasteiger partial charge in [-0.3, -0.25) is 14.6 Å². The van der Waals surface area contributed by atoms with Crippen molar-refractivity contribution in [1.29, 1.82) is 0 Å². The number of aromatic nitrogens is 1. The summed E-state index contributed by atoms with van der Waals surface area (Å²) in [4.78, 5) is 31.7. The summed E-state index contributed by atoms with van der Waals surface area (Å²) in [6.45, 7) is 2.97. The maximum Gasteiger partial charge on any atom is 0.244 e. The molecule has 1 unspecified atom stereocenters. The van der Waals surface area contributed by atoms with E-state index in [1.165, 1.54) is 11.0 Å². The fourth-order valence-corrected chi connectivity index (χ4v) is 4.37. The van der Waals surface area contributed by atoms with E-state index < -0.39 is 29.9 Å². The number of benzene rings is 1. The number of rotatable bonds is 7. The van der Waals surface area contributed by atoms with Crippen LogP contribution in [0.5, 0.6) is 5.75 Å². The molecule has 0 saturated heterocycles. The van der Waals surface area contributed by atoms with Crippen LogP contribution >= 0.6 is 0 Å². The molecule has 2 aliphatic rings. The molecular formula is C29H37FN4O4. The molecule has 2 aromatic rings. The summed E-state index contributed by atoms with van der Waals surface area (Å²) < 4.78 is 20.3. The van der Waals surface area contributed by atoms with Gasteiger partial charge in [-0.25, -0.2) is 4.39 Å². The van der Waals surface area contributed by atoms with Crippen LogP contribution in [0.3, 0.4) is 0 Å². The van der Waals surface area contributed by atoms with Crippen LogP contribution in [0.2, 0.25) is 0 Å². The topological polar surface area (TPSA) is 104 Å². The van der Waals surface area contributed by atoms with Crippen molar-refractivity contribution in [3.8, 4) is 18.1 Å². The van der Waals surface area contributed by atoms with E-state index in [1.807, 2.05) is 12.3 Å². The second kappa shape index (κ2) is 14.5. The number of amides is 2. The fraction of sp³-hybridized carbons (Fsp3) is 0.483. The molecule has 2 bridgehead atoms. The van der Waals surface area contributed by atoms with Crippen LogP contribution in [-0.2, 0) is 29.0 Å². The number of carbonyl (C=O) groups is 2. The van der Waals surface area contributed by atoms with Gasteiger partial charge in [0.15, 0.2) is 11.6 Å². The van der Waals surface area contributed by atoms with E-state index in [9.17, 15) is 19.1 Å². The standard InChI is InChI=1S/C29H37FN4O4/c1-4-8-25-29(37)33-24(26(35)19-32-18-22-13-20(5-2)16-31-17-22)15-21-10-11-27(23(30)14-21)38-12-7-6-9-28(36)34(25)3/h1,10-11,13-14,16-17,24-26,32,35H,5-9,12,15,18-19H2,2-3H3,(H,33,37)/t24-,25?,26+/m0/s1. The van der Waals surface area contributed by atoms with Crippen molar-refractivity contribution in [3.05, 3.63) is 59.2 Å². The third-order valence-electron chi connectivity index (χ3n) is 6.70. The van der Waals surface area contributed by atoms with E-state index in [0.29, 0.717) is 24.9 Å². The molecule has 1 aromatic carbocycles. The minimum Gasteiger partial charge on any atom is -0.491 e. The fourth-order valence-electron chi connectivity index (χ4n) is 4.37. The lowest BCUT2D eigenvalue weighted by Gasteiger charge is -2.30. The molecule has 2 amide bonds. The third-order valence-corrected chi connectivity index (χ3v) is 6.70. The van der Waals surface area contributed by atoms with Crippen molar-refractivity contribution in [2.45, 2.75) is 70.2 Å². The van der Waals surface area contributed by atoms with Crippen molar-refractivity contribution in [3.63, 3.8) is 0 Å². The number of hydrogen-bond donors (Lipinski definition) is 3. The van der Waals surface area contributed by atoms with E-state index in [2.05, 4.69) is 28.5 Å². The first-order valence-corrected chi connectivity index (χ1v) is 13.0. The van der Waals surface area contributed by atoms with Crippen molar-refractivity contribution < 1.29 is 23.8 Å². The Morgan fingerprint density at radius 3 is 2.82 bits per heavy atom. The summed E-state index contributed by atoms with van der Waals surface area (Å²) in [7, 11) is 1.56. The van der Waals surface area contributed by atoms with E-state index in [-0.39, 0.29) is 44.1 Å². The monoisotopic (exact) mass is 524 g/mol. The Labute approximate surface area is 224 Å². The number of hydrogen-bond acceptors (Lipinski definition) is 6. The molecule has 0 fully saturated rings. The lowest BCUT2D eigenvalue weighted by molar-refractivity contribution is -0.139. The number of terminal acetylenes is 1. The zero-order valence-corrected chi connectivity index (χ0v) is 22.1. The van der Waals surface area contributed by atoms with Crippen molar-refractivity contribution in [2.75, 3.05) is 20.2 Å². The van der Waals surface area contributed by atoms with Crippen molar-refractivity contribution in [2.24, 2.45) is 0 Å². The molecule has 0 aliphatic carbocycles. The third kappa shape index (κ3) is 8.27. The number of pyridine rings is 1. The maximum atomic E-state index is 14.7. The Kier molecular flexibility index (Phi) is 11.1. The Morgan fingerprint density at radius 1 is 1.29 bits per heavy atom. The summed E-state index contributed by atoms with van der Waals surface area (Å²) in [6, 6.07) is 5.02. The molecule has 204 valence electrons. The van der Waals surface area contributed by atoms with Gasteiger partial charge in [0, 0.05) is 45.4 Å². The molecule has 4 rings (SSSR count). The largest absolute Gasteiger partial charge is 0.491 e. The highest BCUT2D eigenvalue weighted by atomic mass is 19.1. The van der Waals surface area contributed by atoms with Crippen LogP contribution in [0.15, 0.2) is 36.7 Å². The molecule has 0 saturated carbocycles. The zero-order chi connectivity index (χ0) is 27.5. The van der Waals surface area contributed by atoms with Gasteiger partial charge in [-0.15, -0.1) is 12.3 Å². The number of nitrogens with zero attached hydrogens (tertiary/aromatic N) is 2. The molecule has 3 atom stereocenters. The Balaban J connectivity index is 1.80. The first-order chi connectivity index (χ1) is 18.3. The molecular weight excluding hydrogens is 487 g/mol. The van der Waals surface area contributed by atoms with Crippen LogP contribution in [0.4, 0.5) is 4.39 Å². The molecule has 3 heterocycles. The number of ether oxygens (including phenoxy) is 1. The van der Waals surface area contributed by atoms with Gasteiger partial charge in [0.05, 0.1) is 18.8 Å². The Hall–Kier alpha value is -3.48. The van der Waals surface area contributed by atoms with Crippen molar-refractivity contribution in [1.82, 2.24) is 20.5 Å². The number of carbonyl (C=O) groups excluding carboxylic acids is 2. The minimum absolute atomic E-state index is 0.0301. The van der Waals surface area contributed by atoms with Crippen LogP contribution in [0.1, 0.15) is 49.3 Å². The van der Waals surface area contributed by atoms with Crippen LogP contribution in [0, 0.1) is 18.2 Å². The molecule has 8 nitrogen and oxygen atoms in total. The number of aliphatic hydroxyl groups excluding tert-OH is 1. The summed E-state index contributed by atoms with van der Waals surface area (Å²) in [5, 5.41) is 17.2. The van der Waals surface area contributed by atoms with Gasteiger partial charge in [0.25, 0.3) is 0 Å². The highest BCUT2D eigenvalue weighted by Gasteiger charge is 2.30. The smallest absolute Gasteiger partial charge is 0.244 e. The van der Waals surface area contributed by atoms with Crippen LogP contribution in [0.25, 0.3) is 0 Å². The average Bonchev–Trinajstić information content (AvgIpc) is 2.91. The SMILES string of the molecule is C#CCC1C(=O)N[C@H]([C@H](O)CNCc2cncc(CC)c2)Cc2ccc(c(F)c2)OCCCCC(=O)N1C. The number of nitrogens with one attached hydrogen (secondary N) is 2. The number of fused-ring (bicyclic) bond motifs is 13. The Bertz CT molecular complexity index is 1140. The number of aryl methyl sites for hydroxylation is 1. The molecule has 0 spiro atoms. The zero-order valence-electron chi connectivity index (χ0n) is 22.1. The van der Waals surface area contributed by atoms with Gasteiger partial charge in [0.1, 0.15) is 6.04 Å². The molecule has 0 radical (unpaired) electrons. The van der Waals surface area contributed by atoms with E-state index >= 15 is 0 Å². The van der Waals surface area contributed by atoms with Crippen LogP contribution in [-0.4, -0.2) is 65.2 Å². The summed E-state index contributed by atoms with van der Waals surface area (Å²) in [6.07, 6.45) is 10.4. The first kappa shape index (κ1) is 29.1. The molecule has 1 aromatic heterocycles. The summed E-state index contributed by atoms with van der Waals surface area (Å²) >= 11 is 0. The van der Waals surface area contributed by atoms with Gasteiger partial charge in [-0.05, 0) is 54.5 Å². The minimum atomic E-state index is -1.01.